The van der Waals surface area contributed by atoms with Gasteiger partial charge in [0.25, 0.3) is 0 Å². The molecule has 1 radical (unpaired) electrons. The Morgan fingerprint density at radius 3 is 1.67 bits per heavy atom. The monoisotopic (exact) mass is 496 g/mol. The van der Waals surface area contributed by atoms with E-state index in [1.165, 1.54) is 64.2 Å². The molecule has 0 heterocycles. The molecule has 1 aliphatic carbocycles. The van der Waals surface area contributed by atoms with Gasteiger partial charge >= 0.3 is 0 Å². The number of hydrogen-bond acceptors (Lipinski definition) is 0. The second kappa shape index (κ2) is 13.6. The van der Waals surface area contributed by atoms with E-state index in [0.717, 1.165) is 17.0 Å². The maximum absolute atomic E-state index is 2.47. The van der Waals surface area contributed by atoms with Crippen LogP contribution >= 0.6 is 7.92 Å². The van der Waals surface area contributed by atoms with Crippen LogP contribution in [0.3, 0.4) is 0 Å². The van der Waals surface area contributed by atoms with Crippen molar-refractivity contribution in [3.63, 3.8) is 0 Å². The van der Waals surface area contributed by atoms with E-state index in [4.69, 9.17) is 0 Å². The van der Waals surface area contributed by atoms with Gasteiger partial charge < -0.3 is 0 Å². The van der Waals surface area contributed by atoms with Crippen LogP contribution in [0, 0.1) is 0 Å². The van der Waals surface area contributed by atoms with E-state index >= 15 is 0 Å². The molecule has 0 nitrogen and oxygen atoms in total. The van der Waals surface area contributed by atoms with Crippen molar-refractivity contribution < 1.29 is 22.4 Å². The van der Waals surface area contributed by atoms with Crippen LogP contribution in [0.15, 0.2) is 0 Å². The molecule has 2 atom stereocenters. The van der Waals surface area contributed by atoms with Gasteiger partial charge in [-0.25, -0.2) is 0 Å². The minimum Gasteiger partial charge on any atom is -0.0652 e. The molecule has 1 rings (SSSR count). The van der Waals surface area contributed by atoms with Gasteiger partial charge in [-0.3, -0.25) is 0 Å². The van der Waals surface area contributed by atoms with Crippen molar-refractivity contribution >= 4 is 7.92 Å². The summed E-state index contributed by atoms with van der Waals surface area (Å²) in [5.74, 6) is 0. The van der Waals surface area contributed by atoms with Crippen LogP contribution in [-0.2, 0) is 22.4 Å². The molecule has 1 saturated carbocycles. The molecule has 0 aromatic heterocycles. The largest absolute Gasteiger partial charge is 0.0680 e. The fourth-order valence-corrected chi connectivity index (χ4v) is 9.98. The molecule has 1 aliphatic rings. The molecule has 0 aliphatic heterocycles. The number of hydrogen-bond donors (Lipinski definition) is 0. The molecule has 0 amide bonds. The van der Waals surface area contributed by atoms with E-state index in [9.17, 15) is 0 Å². The first-order chi connectivity index (χ1) is 9.78. The summed E-state index contributed by atoms with van der Waals surface area (Å²) in [5, 5.41) is 0. The van der Waals surface area contributed by atoms with Gasteiger partial charge in [-0.05, 0) is 51.4 Å². The van der Waals surface area contributed by atoms with Crippen molar-refractivity contribution in [1.82, 2.24) is 0 Å². The summed E-state index contributed by atoms with van der Waals surface area (Å²) in [5.41, 5.74) is 3.39. The molecule has 131 valence electrons. The Kier molecular flexibility index (Phi) is 14.4. The van der Waals surface area contributed by atoms with Crippen LogP contribution in [-0.4, -0.2) is 17.0 Å². The Morgan fingerprint density at radius 2 is 1.24 bits per heavy atom. The van der Waals surface area contributed by atoms with E-state index in [-0.39, 0.29) is 30.3 Å². The smallest absolute Gasteiger partial charge is 0.0652 e. The summed E-state index contributed by atoms with van der Waals surface area (Å²) < 4.78 is 0. The fraction of sp³-hybridized carbons (Fsp3) is 1.00. The van der Waals surface area contributed by atoms with E-state index in [2.05, 4.69) is 27.7 Å². The second-order valence-corrected chi connectivity index (χ2v) is 10.5. The van der Waals surface area contributed by atoms with Gasteiger partial charge in [-0.15, -0.1) is 0 Å². The molecule has 0 N–H and O–H groups in total. The maximum Gasteiger partial charge on any atom is 0.0680 e. The summed E-state index contributed by atoms with van der Waals surface area (Å²) in [6.07, 6.45) is 18.0. The molecule has 21 heavy (non-hydrogen) atoms. The van der Waals surface area contributed by atoms with Crippen LogP contribution < -0.4 is 0 Å². The average Bonchev–Trinajstić information content (AvgIpc) is 2.48. The third-order valence-electron chi connectivity index (χ3n) is 5.42. The van der Waals surface area contributed by atoms with Crippen molar-refractivity contribution in [2.75, 3.05) is 0 Å². The zero-order chi connectivity index (χ0) is 14.8. The van der Waals surface area contributed by atoms with E-state index in [0.29, 0.717) is 0 Å². The maximum atomic E-state index is 2.47. The molecule has 2 heteroatoms. The predicted molar refractivity (Wildman–Crippen MR) is 97.8 cm³/mol. The Bertz CT molecular complexity index is 215. The SMILES string of the molecule is CCCC(CC)[PH+](C(CCC)CCC)C1CCCCC1.[Au]. The van der Waals surface area contributed by atoms with Gasteiger partial charge in [0.15, 0.2) is 0 Å². The summed E-state index contributed by atoms with van der Waals surface area (Å²) in [4.78, 5) is 0. The topological polar surface area (TPSA) is 0 Å². The Hall–Kier alpha value is 1.17. The van der Waals surface area contributed by atoms with Crippen LogP contribution in [0.25, 0.3) is 0 Å². The average molecular weight is 496 g/mol. The summed E-state index contributed by atoms with van der Waals surface area (Å²) in [7, 11) is -0.161. The zero-order valence-corrected chi connectivity index (χ0v) is 18.2. The van der Waals surface area contributed by atoms with E-state index in [1.54, 1.807) is 12.8 Å². The normalized spacial score (nSPS) is 19.3. The van der Waals surface area contributed by atoms with Crippen molar-refractivity contribution in [2.24, 2.45) is 0 Å². The predicted octanol–water partition coefficient (Wildman–Crippen LogP) is 7.08. The summed E-state index contributed by atoms with van der Waals surface area (Å²) in [6.45, 7) is 9.69. The molecular weight excluding hydrogens is 456 g/mol. The minimum absolute atomic E-state index is 0. The minimum atomic E-state index is -0.161. The van der Waals surface area contributed by atoms with Crippen molar-refractivity contribution in [2.45, 2.75) is 122 Å². The quantitative estimate of drug-likeness (QED) is 0.224. The Balaban J connectivity index is 0.00000400. The fourth-order valence-electron chi connectivity index (χ4n) is 4.57. The molecule has 0 bridgehead atoms. The van der Waals surface area contributed by atoms with Crippen molar-refractivity contribution in [3.05, 3.63) is 0 Å². The molecule has 1 fully saturated rings. The summed E-state index contributed by atoms with van der Waals surface area (Å²) >= 11 is 0. The van der Waals surface area contributed by atoms with Gasteiger partial charge in [0.1, 0.15) is 0 Å². The van der Waals surface area contributed by atoms with Crippen molar-refractivity contribution in [1.29, 1.82) is 0 Å². The van der Waals surface area contributed by atoms with Crippen LogP contribution in [0.4, 0.5) is 0 Å². The van der Waals surface area contributed by atoms with Gasteiger partial charge in [0, 0.05) is 30.3 Å². The van der Waals surface area contributed by atoms with Gasteiger partial charge in [0.2, 0.25) is 0 Å². The van der Waals surface area contributed by atoms with Gasteiger partial charge in [0.05, 0.1) is 17.0 Å². The van der Waals surface area contributed by atoms with Crippen LogP contribution in [0.1, 0.15) is 105 Å². The zero-order valence-electron chi connectivity index (χ0n) is 15.0. The Morgan fingerprint density at radius 1 is 0.762 bits per heavy atom. The van der Waals surface area contributed by atoms with Crippen LogP contribution in [0.2, 0.25) is 0 Å². The molecule has 0 aromatic carbocycles. The van der Waals surface area contributed by atoms with E-state index in [1.807, 2.05) is 0 Å². The van der Waals surface area contributed by atoms with Crippen LogP contribution in [0.5, 0.6) is 0 Å². The molecule has 0 aromatic rings. The standard InChI is InChI=1S/C19H39P.Au/c1-5-12-17(8-4)20(18(13-6-2)14-7-3)19-15-10-9-11-16-19;/h17-19H,5-16H2,1-4H3;/p+1. The van der Waals surface area contributed by atoms with Crippen molar-refractivity contribution in [3.8, 4) is 0 Å². The molecule has 0 saturated heterocycles. The van der Waals surface area contributed by atoms with E-state index < -0.39 is 0 Å². The van der Waals surface area contributed by atoms with Gasteiger partial charge in [-0.2, -0.15) is 0 Å². The second-order valence-electron chi connectivity index (χ2n) is 7.00. The summed E-state index contributed by atoms with van der Waals surface area (Å²) in [6, 6.07) is 0. The third-order valence-corrected chi connectivity index (χ3v) is 10.1. The molecule has 2 unspecified atom stereocenters. The van der Waals surface area contributed by atoms with Gasteiger partial charge in [-0.1, -0.05) is 53.4 Å². The molecular formula is C19H40AuP+. The number of rotatable bonds is 10. The Labute approximate surface area is 151 Å². The first-order valence-electron chi connectivity index (χ1n) is 9.64. The first-order valence-corrected chi connectivity index (χ1v) is 11.4. The first kappa shape index (κ1) is 22.2. The molecule has 0 spiro atoms. The third kappa shape index (κ3) is 7.52.